The van der Waals surface area contributed by atoms with Gasteiger partial charge in [0, 0.05) is 36.6 Å². The average molecular weight is 499 g/mol. The highest BCUT2D eigenvalue weighted by molar-refractivity contribution is 6.30. The van der Waals surface area contributed by atoms with E-state index in [1.807, 2.05) is 11.8 Å². The minimum absolute atomic E-state index is 0.185. The molecule has 1 aromatic carbocycles. The van der Waals surface area contributed by atoms with Crippen molar-refractivity contribution in [2.75, 3.05) is 24.6 Å². The molecule has 0 unspecified atom stereocenters. The fraction of sp³-hybridized carbons (Fsp3) is 0.435. The molecule has 34 heavy (non-hydrogen) atoms. The summed E-state index contributed by atoms with van der Waals surface area (Å²) >= 11 is 5.91. The van der Waals surface area contributed by atoms with Gasteiger partial charge in [0.2, 0.25) is 11.8 Å². The SMILES string of the molecule is Cc1cc(Cl)ccc1OCCCC(=O)NNC(=O)C1CCN(c2ccc(C(F)(F)F)cn2)CC1. The summed E-state index contributed by atoms with van der Waals surface area (Å²) < 4.78 is 43.7. The van der Waals surface area contributed by atoms with Gasteiger partial charge in [0.1, 0.15) is 11.6 Å². The predicted octanol–water partition coefficient (Wildman–Crippen LogP) is 4.29. The number of halogens is 4. The van der Waals surface area contributed by atoms with Crippen LogP contribution in [0, 0.1) is 12.8 Å². The molecule has 2 amide bonds. The van der Waals surface area contributed by atoms with Crippen LogP contribution in [0.5, 0.6) is 5.75 Å². The molecule has 0 radical (unpaired) electrons. The Kier molecular flexibility index (Phi) is 8.60. The first kappa shape index (κ1) is 25.6. The molecule has 1 fully saturated rings. The summed E-state index contributed by atoms with van der Waals surface area (Å²) in [6.07, 6.45) is -1.96. The number of nitrogens with one attached hydrogen (secondary N) is 2. The molecule has 11 heteroatoms. The lowest BCUT2D eigenvalue weighted by Gasteiger charge is -2.32. The number of anilines is 1. The summed E-state index contributed by atoms with van der Waals surface area (Å²) in [5.74, 6) is 0.229. The van der Waals surface area contributed by atoms with E-state index in [4.69, 9.17) is 16.3 Å². The number of piperidine rings is 1. The number of carbonyl (C=O) groups is 2. The lowest BCUT2D eigenvalue weighted by atomic mass is 9.96. The van der Waals surface area contributed by atoms with Crippen LogP contribution in [-0.4, -0.2) is 36.5 Å². The molecule has 0 bridgehead atoms. The Hall–Kier alpha value is -3.01. The molecule has 0 atom stereocenters. The Bertz CT molecular complexity index is 994. The van der Waals surface area contributed by atoms with E-state index in [1.165, 1.54) is 6.07 Å². The van der Waals surface area contributed by atoms with E-state index >= 15 is 0 Å². The van der Waals surface area contributed by atoms with Crippen LogP contribution >= 0.6 is 11.6 Å². The fourth-order valence-electron chi connectivity index (χ4n) is 3.60. The van der Waals surface area contributed by atoms with Crippen LogP contribution in [0.3, 0.4) is 0 Å². The van der Waals surface area contributed by atoms with Crippen molar-refractivity contribution in [2.45, 2.75) is 38.8 Å². The van der Waals surface area contributed by atoms with E-state index in [-0.39, 0.29) is 24.2 Å². The van der Waals surface area contributed by atoms with Crippen molar-refractivity contribution in [1.29, 1.82) is 0 Å². The van der Waals surface area contributed by atoms with Crippen molar-refractivity contribution in [3.8, 4) is 5.75 Å². The second kappa shape index (κ2) is 11.4. The molecule has 1 aliphatic heterocycles. The molecule has 1 aliphatic rings. The number of aromatic nitrogens is 1. The highest BCUT2D eigenvalue weighted by atomic mass is 35.5. The summed E-state index contributed by atoms with van der Waals surface area (Å²) in [5, 5.41) is 0.627. The van der Waals surface area contributed by atoms with Gasteiger partial charge in [0.05, 0.1) is 12.2 Å². The highest BCUT2D eigenvalue weighted by Gasteiger charge is 2.31. The van der Waals surface area contributed by atoms with Crippen molar-refractivity contribution in [1.82, 2.24) is 15.8 Å². The number of benzene rings is 1. The van der Waals surface area contributed by atoms with Crippen LogP contribution < -0.4 is 20.5 Å². The zero-order valence-electron chi connectivity index (χ0n) is 18.6. The van der Waals surface area contributed by atoms with Crippen LogP contribution in [0.4, 0.5) is 19.0 Å². The Morgan fingerprint density at radius 1 is 1.18 bits per heavy atom. The fourth-order valence-corrected chi connectivity index (χ4v) is 3.82. The zero-order valence-corrected chi connectivity index (χ0v) is 19.4. The van der Waals surface area contributed by atoms with Gasteiger partial charge in [-0.2, -0.15) is 13.2 Å². The molecule has 0 aliphatic carbocycles. The van der Waals surface area contributed by atoms with E-state index in [2.05, 4.69) is 15.8 Å². The molecule has 184 valence electrons. The number of carbonyl (C=O) groups excluding carboxylic acids is 2. The molecule has 2 N–H and O–H groups in total. The van der Waals surface area contributed by atoms with E-state index < -0.39 is 11.7 Å². The highest BCUT2D eigenvalue weighted by Crippen LogP contribution is 2.30. The lowest BCUT2D eigenvalue weighted by Crippen LogP contribution is -2.47. The topological polar surface area (TPSA) is 83.6 Å². The third-order valence-electron chi connectivity index (χ3n) is 5.53. The van der Waals surface area contributed by atoms with Gasteiger partial charge < -0.3 is 9.64 Å². The van der Waals surface area contributed by atoms with Gasteiger partial charge in [-0.15, -0.1) is 0 Å². The Balaban J connectivity index is 1.33. The van der Waals surface area contributed by atoms with Gasteiger partial charge >= 0.3 is 6.18 Å². The molecule has 2 heterocycles. The maximum Gasteiger partial charge on any atom is 0.417 e. The quantitative estimate of drug-likeness (QED) is 0.439. The van der Waals surface area contributed by atoms with Crippen molar-refractivity contribution in [2.24, 2.45) is 5.92 Å². The van der Waals surface area contributed by atoms with Gasteiger partial charge in [-0.25, -0.2) is 4.98 Å². The number of hydrogen-bond acceptors (Lipinski definition) is 5. The number of ether oxygens (including phenoxy) is 1. The summed E-state index contributed by atoms with van der Waals surface area (Å²) in [6.45, 7) is 3.19. The largest absolute Gasteiger partial charge is 0.493 e. The standard InChI is InChI=1S/C23H26ClF3N4O3/c1-15-13-18(24)5-6-19(15)34-12-2-3-21(32)29-30-22(33)16-8-10-31(11-9-16)20-7-4-17(14-28-20)23(25,26)27/h4-7,13-14,16H,2-3,8-12H2,1H3,(H,29,32)(H,30,33). The van der Waals surface area contributed by atoms with Crippen molar-refractivity contribution in [3.05, 3.63) is 52.7 Å². The predicted molar refractivity (Wildman–Crippen MR) is 121 cm³/mol. The van der Waals surface area contributed by atoms with Crippen molar-refractivity contribution >= 4 is 29.2 Å². The smallest absolute Gasteiger partial charge is 0.417 e. The normalized spacial score (nSPS) is 14.6. The second-order valence-corrected chi connectivity index (χ2v) is 8.50. The molecule has 2 aromatic rings. The summed E-state index contributed by atoms with van der Waals surface area (Å²) in [6, 6.07) is 7.64. The van der Waals surface area contributed by atoms with Crippen LogP contribution in [0.15, 0.2) is 36.5 Å². The average Bonchev–Trinajstić information content (AvgIpc) is 2.81. The molecular formula is C23H26ClF3N4O3. The first-order valence-corrected chi connectivity index (χ1v) is 11.3. The van der Waals surface area contributed by atoms with Gasteiger partial charge in [0.25, 0.3) is 0 Å². The molecule has 1 aromatic heterocycles. The lowest BCUT2D eigenvalue weighted by molar-refractivity contribution is -0.137. The van der Waals surface area contributed by atoms with Crippen molar-refractivity contribution in [3.63, 3.8) is 0 Å². The number of hydrogen-bond donors (Lipinski definition) is 2. The molecule has 1 saturated heterocycles. The van der Waals surface area contributed by atoms with E-state index in [0.717, 1.165) is 17.8 Å². The first-order valence-electron chi connectivity index (χ1n) is 10.9. The number of rotatable bonds is 7. The van der Waals surface area contributed by atoms with Crippen LogP contribution in [-0.2, 0) is 15.8 Å². The Labute approximate surface area is 200 Å². The van der Waals surface area contributed by atoms with Crippen LogP contribution in [0.25, 0.3) is 0 Å². The van der Waals surface area contributed by atoms with Crippen molar-refractivity contribution < 1.29 is 27.5 Å². The van der Waals surface area contributed by atoms with Gasteiger partial charge in [-0.05, 0) is 62.1 Å². The van der Waals surface area contributed by atoms with Crippen LogP contribution in [0.1, 0.15) is 36.8 Å². The van der Waals surface area contributed by atoms with E-state index in [9.17, 15) is 22.8 Å². The maximum atomic E-state index is 12.7. The minimum atomic E-state index is -4.43. The maximum absolute atomic E-state index is 12.7. The van der Waals surface area contributed by atoms with Gasteiger partial charge in [-0.1, -0.05) is 11.6 Å². The summed E-state index contributed by atoms with van der Waals surface area (Å²) in [4.78, 5) is 30.1. The number of alkyl halides is 3. The minimum Gasteiger partial charge on any atom is -0.493 e. The number of pyridine rings is 1. The third-order valence-corrected chi connectivity index (χ3v) is 5.77. The zero-order chi connectivity index (χ0) is 24.7. The second-order valence-electron chi connectivity index (χ2n) is 8.06. The third kappa shape index (κ3) is 7.24. The van der Waals surface area contributed by atoms with Crippen LogP contribution in [0.2, 0.25) is 5.02 Å². The Morgan fingerprint density at radius 3 is 2.53 bits per heavy atom. The summed E-state index contributed by atoms with van der Waals surface area (Å²) in [5.41, 5.74) is 4.98. The van der Waals surface area contributed by atoms with Gasteiger partial charge in [-0.3, -0.25) is 20.4 Å². The molecular weight excluding hydrogens is 473 g/mol. The molecule has 0 spiro atoms. The molecule has 0 saturated carbocycles. The van der Waals surface area contributed by atoms with E-state index in [1.54, 1.807) is 18.2 Å². The van der Waals surface area contributed by atoms with Gasteiger partial charge in [0.15, 0.2) is 0 Å². The number of amides is 2. The molecule has 7 nitrogen and oxygen atoms in total. The monoisotopic (exact) mass is 498 g/mol. The van der Waals surface area contributed by atoms with E-state index in [0.29, 0.717) is 55.5 Å². The number of hydrazine groups is 1. The summed E-state index contributed by atoms with van der Waals surface area (Å²) in [7, 11) is 0. The molecule has 3 rings (SSSR count). The first-order chi connectivity index (χ1) is 16.1. The number of aryl methyl sites for hydroxylation is 1. The number of nitrogens with zero attached hydrogens (tertiary/aromatic N) is 2. The Morgan fingerprint density at radius 2 is 1.91 bits per heavy atom.